The van der Waals surface area contributed by atoms with Gasteiger partial charge in [-0.2, -0.15) is 0 Å². The Hall–Kier alpha value is -3.42. The lowest BCUT2D eigenvalue weighted by atomic mass is 9.92. The number of para-hydroxylation sites is 1. The summed E-state index contributed by atoms with van der Waals surface area (Å²) in [5.41, 5.74) is 12.2. The first-order valence-corrected chi connectivity index (χ1v) is 11.3. The molecule has 3 N–H and O–H groups in total. The smallest absolute Gasteiger partial charge is 0.267 e. The van der Waals surface area contributed by atoms with Crippen LogP contribution in [0.1, 0.15) is 20.9 Å². The van der Waals surface area contributed by atoms with Crippen molar-refractivity contribution in [2.75, 3.05) is 31.8 Å². The van der Waals surface area contributed by atoms with Gasteiger partial charge in [-0.05, 0) is 42.4 Å². The Labute approximate surface area is 190 Å². The molecule has 2 aromatic heterocycles. The highest BCUT2D eigenvalue weighted by Gasteiger charge is 2.27. The van der Waals surface area contributed by atoms with E-state index in [0.29, 0.717) is 10.6 Å². The number of nitrogens with two attached hydrogens (primary N) is 1. The molecule has 1 aliphatic heterocycles. The maximum Gasteiger partial charge on any atom is 0.267 e. The van der Waals surface area contributed by atoms with Gasteiger partial charge < -0.3 is 20.7 Å². The number of benzene rings is 2. The van der Waals surface area contributed by atoms with E-state index in [1.807, 2.05) is 54.6 Å². The second kappa shape index (κ2) is 8.26. The number of nitrogen functional groups attached to an aromatic ring is 1. The Morgan fingerprint density at radius 1 is 1.16 bits per heavy atom. The molecule has 1 amide bonds. The molecular weight excluding hydrogens is 420 g/mol. The van der Waals surface area contributed by atoms with Crippen LogP contribution in [0.4, 0.5) is 11.4 Å². The van der Waals surface area contributed by atoms with E-state index in [9.17, 15) is 4.79 Å². The van der Waals surface area contributed by atoms with E-state index in [4.69, 9.17) is 15.5 Å². The molecule has 3 heterocycles. The van der Waals surface area contributed by atoms with Gasteiger partial charge in [0.1, 0.15) is 15.5 Å². The summed E-state index contributed by atoms with van der Waals surface area (Å²) in [5, 5.41) is 3.80. The number of carbonyl (C=O) groups excluding carboxylic acids is 1. The maximum atomic E-state index is 13.1. The van der Waals surface area contributed by atoms with E-state index in [2.05, 4.69) is 17.3 Å². The van der Waals surface area contributed by atoms with Crippen molar-refractivity contribution in [2.45, 2.75) is 13.0 Å². The third kappa shape index (κ3) is 3.59. The van der Waals surface area contributed by atoms with Crippen LogP contribution in [0.2, 0.25) is 0 Å². The monoisotopic (exact) mass is 444 g/mol. The number of fused-ring (bicyclic) bond motifs is 2. The number of anilines is 2. The summed E-state index contributed by atoms with van der Waals surface area (Å²) in [5.74, 6) is 0.582. The maximum absolute atomic E-state index is 13.1. The summed E-state index contributed by atoms with van der Waals surface area (Å²) in [7, 11) is 3.77. The van der Waals surface area contributed by atoms with Gasteiger partial charge in [-0.25, -0.2) is 4.98 Å². The number of rotatable bonds is 4. The summed E-state index contributed by atoms with van der Waals surface area (Å²) in [6.07, 6.45) is 0.869. The van der Waals surface area contributed by atoms with Crippen molar-refractivity contribution in [3.05, 3.63) is 70.7 Å². The molecule has 0 saturated carbocycles. The van der Waals surface area contributed by atoms with Crippen LogP contribution in [0, 0.1) is 0 Å². The predicted molar refractivity (Wildman–Crippen MR) is 130 cm³/mol. The number of methoxy groups -OCH3 is 1. The van der Waals surface area contributed by atoms with Crippen LogP contribution in [0.25, 0.3) is 21.3 Å². The highest BCUT2D eigenvalue weighted by molar-refractivity contribution is 7.21. The van der Waals surface area contributed by atoms with Gasteiger partial charge in [-0.3, -0.25) is 4.79 Å². The number of amides is 1. The number of ether oxygens (including phenoxy) is 1. The molecule has 0 fully saturated rings. The molecule has 2 aromatic carbocycles. The molecule has 0 radical (unpaired) electrons. The van der Waals surface area contributed by atoms with Crippen molar-refractivity contribution >= 4 is 38.8 Å². The van der Waals surface area contributed by atoms with Crippen LogP contribution in [0.5, 0.6) is 5.75 Å². The van der Waals surface area contributed by atoms with Crippen molar-refractivity contribution in [1.82, 2.24) is 9.88 Å². The summed E-state index contributed by atoms with van der Waals surface area (Å²) in [6, 6.07) is 17.4. The van der Waals surface area contributed by atoms with E-state index in [0.717, 1.165) is 58.0 Å². The molecule has 162 valence electrons. The number of hydrogen-bond donors (Lipinski definition) is 2. The second-order valence-corrected chi connectivity index (χ2v) is 8.97. The Balaban J connectivity index is 1.69. The van der Waals surface area contributed by atoms with Crippen LogP contribution in [-0.2, 0) is 13.0 Å². The van der Waals surface area contributed by atoms with Gasteiger partial charge in [-0.1, -0.05) is 30.3 Å². The van der Waals surface area contributed by atoms with Gasteiger partial charge >= 0.3 is 0 Å². The number of pyridine rings is 1. The number of nitrogens with zero attached hydrogens (tertiary/aromatic N) is 2. The zero-order valence-electron chi connectivity index (χ0n) is 18.0. The highest BCUT2D eigenvalue weighted by Crippen LogP contribution is 2.43. The number of hydrogen-bond acceptors (Lipinski definition) is 6. The third-order valence-electron chi connectivity index (χ3n) is 5.84. The summed E-state index contributed by atoms with van der Waals surface area (Å²) in [6.45, 7) is 1.75. The van der Waals surface area contributed by atoms with Crippen LogP contribution >= 0.6 is 11.3 Å². The molecule has 0 spiro atoms. The first-order chi connectivity index (χ1) is 15.5. The number of nitrogens with one attached hydrogen (secondary N) is 1. The number of aromatic nitrogens is 1. The van der Waals surface area contributed by atoms with Gasteiger partial charge in [-0.15, -0.1) is 11.3 Å². The minimum Gasteiger partial charge on any atom is -0.497 e. The molecule has 7 heteroatoms. The minimum atomic E-state index is -0.215. The quantitative estimate of drug-likeness (QED) is 0.473. The Bertz CT molecular complexity index is 1300. The lowest BCUT2D eigenvalue weighted by Gasteiger charge is -2.27. The molecule has 6 nitrogen and oxygen atoms in total. The molecular formula is C25H24N4O2S. The van der Waals surface area contributed by atoms with Crippen molar-refractivity contribution < 1.29 is 9.53 Å². The van der Waals surface area contributed by atoms with Gasteiger partial charge in [0, 0.05) is 41.8 Å². The van der Waals surface area contributed by atoms with E-state index in [1.165, 1.54) is 16.9 Å². The average molecular weight is 445 g/mol. The fourth-order valence-electron chi connectivity index (χ4n) is 4.21. The van der Waals surface area contributed by atoms with E-state index >= 15 is 0 Å². The topological polar surface area (TPSA) is 80.5 Å². The van der Waals surface area contributed by atoms with Gasteiger partial charge in [0.25, 0.3) is 5.91 Å². The average Bonchev–Trinajstić information content (AvgIpc) is 3.14. The Kier molecular flexibility index (Phi) is 5.28. The van der Waals surface area contributed by atoms with E-state index < -0.39 is 0 Å². The number of likely N-dealkylation sites (N-methyl/N-ethyl adjacent to an activating group) is 1. The molecule has 1 aliphatic rings. The lowest BCUT2D eigenvalue weighted by Crippen LogP contribution is -2.27. The predicted octanol–water partition coefficient (Wildman–Crippen LogP) is 4.79. The summed E-state index contributed by atoms with van der Waals surface area (Å²) >= 11 is 1.35. The SMILES string of the molecule is COc1ccc(-c2c3c(nc4sc(C(=O)Nc5ccccc5)c(N)c24)CCN(C)C3)cc1. The van der Waals surface area contributed by atoms with Gasteiger partial charge in [0.05, 0.1) is 12.8 Å². The van der Waals surface area contributed by atoms with Crippen molar-refractivity contribution in [3.63, 3.8) is 0 Å². The Morgan fingerprint density at radius 2 is 1.91 bits per heavy atom. The highest BCUT2D eigenvalue weighted by atomic mass is 32.1. The molecule has 32 heavy (non-hydrogen) atoms. The zero-order valence-corrected chi connectivity index (χ0v) is 18.8. The van der Waals surface area contributed by atoms with Crippen LogP contribution in [0.3, 0.4) is 0 Å². The normalized spacial score (nSPS) is 13.7. The number of carbonyl (C=O) groups is 1. The minimum absolute atomic E-state index is 0.215. The van der Waals surface area contributed by atoms with Gasteiger partial charge in [0.15, 0.2) is 0 Å². The molecule has 0 saturated heterocycles. The number of thiophene rings is 1. The third-order valence-corrected chi connectivity index (χ3v) is 6.94. The lowest BCUT2D eigenvalue weighted by molar-refractivity contribution is 0.103. The standard InChI is InChI=1S/C25H24N4O2S/c1-29-13-12-19-18(14-29)20(15-8-10-17(31-2)11-9-15)21-22(26)23(32-25(21)28-19)24(30)27-16-6-4-3-5-7-16/h3-11H,12-14,26H2,1-2H3,(H,27,30). The van der Waals surface area contributed by atoms with Crippen molar-refractivity contribution in [3.8, 4) is 16.9 Å². The fourth-order valence-corrected chi connectivity index (χ4v) is 5.23. The van der Waals surface area contributed by atoms with E-state index in [-0.39, 0.29) is 5.91 Å². The summed E-state index contributed by atoms with van der Waals surface area (Å²) in [4.78, 5) is 21.6. The van der Waals surface area contributed by atoms with Crippen LogP contribution < -0.4 is 15.8 Å². The van der Waals surface area contributed by atoms with Crippen molar-refractivity contribution in [1.29, 1.82) is 0 Å². The fraction of sp³-hybridized carbons (Fsp3) is 0.200. The van der Waals surface area contributed by atoms with Gasteiger partial charge in [0.2, 0.25) is 0 Å². The first kappa shape index (κ1) is 20.5. The van der Waals surface area contributed by atoms with Crippen LogP contribution in [-0.4, -0.2) is 36.5 Å². The largest absolute Gasteiger partial charge is 0.497 e. The zero-order chi connectivity index (χ0) is 22.2. The Morgan fingerprint density at radius 3 is 2.62 bits per heavy atom. The van der Waals surface area contributed by atoms with Crippen molar-refractivity contribution in [2.24, 2.45) is 0 Å². The molecule has 4 aromatic rings. The summed E-state index contributed by atoms with van der Waals surface area (Å²) < 4.78 is 5.34. The second-order valence-electron chi connectivity index (χ2n) is 7.97. The first-order valence-electron chi connectivity index (χ1n) is 10.5. The molecule has 0 bridgehead atoms. The van der Waals surface area contributed by atoms with Crippen LogP contribution in [0.15, 0.2) is 54.6 Å². The molecule has 0 atom stereocenters. The van der Waals surface area contributed by atoms with E-state index in [1.54, 1.807) is 7.11 Å². The molecule has 0 aliphatic carbocycles. The molecule has 0 unspecified atom stereocenters. The molecule has 5 rings (SSSR count).